The number of nitrogens with zero attached hydrogens (tertiary/aromatic N) is 1. The van der Waals surface area contributed by atoms with Gasteiger partial charge in [-0.1, -0.05) is 13.3 Å². The molecule has 5 nitrogen and oxygen atoms in total. The number of hydrogen-bond donors (Lipinski definition) is 2. The highest BCUT2D eigenvalue weighted by Crippen LogP contribution is 2.36. The average Bonchev–Trinajstić information content (AvgIpc) is 2.40. The van der Waals surface area contributed by atoms with Crippen molar-refractivity contribution in [2.24, 2.45) is 5.41 Å². The second kappa shape index (κ2) is 7.62. The van der Waals surface area contributed by atoms with Crippen molar-refractivity contribution in [2.45, 2.75) is 58.9 Å². The maximum Gasteiger partial charge on any atom is 0.305 e. The first kappa shape index (κ1) is 17.0. The molecule has 1 amide bonds. The maximum atomic E-state index is 13.0. The monoisotopic (exact) mass is 284 g/mol. The third-order valence-corrected chi connectivity index (χ3v) is 4.35. The summed E-state index contributed by atoms with van der Waals surface area (Å²) in [5.74, 6) is -0.698. The molecule has 1 unspecified atom stereocenters. The van der Waals surface area contributed by atoms with Crippen LogP contribution in [0.5, 0.6) is 0 Å². The van der Waals surface area contributed by atoms with Gasteiger partial charge in [0.25, 0.3) is 0 Å². The summed E-state index contributed by atoms with van der Waals surface area (Å²) in [7, 11) is 0. The van der Waals surface area contributed by atoms with Crippen LogP contribution in [0, 0.1) is 5.41 Å². The van der Waals surface area contributed by atoms with E-state index in [0.29, 0.717) is 6.54 Å². The van der Waals surface area contributed by atoms with Gasteiger partial charge in [0.15, 0.2) is 0 Å². The predicted molar refractivity (Wildman–Crippen MR) is 78.5 cm³/mol. The van der Waals surface area contributed by atoms with E-state index in [0.717, 1.165) is 38.8 Å². The Labute approximate surface area is 121 Å². The number of hydrogen-bond acceptors (Lipinski definition) is 3. The van der Waals surface area contributed by atoms with Crippen LogP contribution in [0.25, 0.3) is 0 Å². The Morgan fingerprint density at radius 2 is 1.90 bits per heavy atom. The summed E-state index contributed by atoms with van der Waals surface area (Å²) in [4.78, 5) is 25.6. The van der Waals surface area contributed by atoms with Gasteiger partial charge < -0.3 is 15.3 Å². The van der Waals surface area contributed by atoms with E-state index in [1.807, 2.05) is 13.8 Å². The van der Waals surface area contributed by atoms with Crippen LogP contribution in [-0.2, 0) is 9.59 Å². The Morgan fingerprint density at radius 1 is 1.30 bits per heavy atom. The second-order valence-electron chi connectivity index (χ2n) is 5.82. The minimum absolute atomic E-state index is 0.0139. The standard InChI is InChI=1S/C15H28N2O3/c1-4-6-15(7-9-16-10-8-15)14(20)17(5-2)12(3)11-13(18)19/h12,16H,4-11H2,1-3H3,(H,18,19). The van der Waals surface area contributed by atoms with Gasteiger partial charge in [0.1, 0.15) is 0 Å². The van der Waals surface area contributed by atoms with E-state index in [1.54, 1.807) is 4.90 Å². The lowest BCUT2D eigenvalue weighted by molar-refractivity contribution is -0.148. The first-order chi connectivity index (χ1) is 9.46. The smallest absolute Gasteiger partial charge is 0.305 e. The molecule has 1 aliphatic rings. The average molecular weight is 284 g/mol. The van der Waals surface area contributed by atoms with E-state index in [2.05, 4.69) is 12.2 Å². The third-order valence-electron chi connectivity index (χ3n) is 4.35. The molecule has 1 atom stereocenters. The summed E-state index contributed by atoms with van der Waals surface area (Å²) in [5.41, 5.74) is -0.289. The fraction of sp³-hybridized carbons (Fsp3) is 0.867. The van der Waals surface area contributed by atoms with Gasteiger partial charge in [0, 0.05) is 12.6 Å². The van der Waals surface area contributed by atoms with Gasteiger partial charge in [0.05, 0.1) is 11.8 Å². The van der Waals surface area contributed by atoms with Gasteiger partial charge in [-0.15, -0.1) is 0 Å². The molecule has 0 radical (unpaired) electrons. The lowest BCUT2D eigenvalue weighted by Gasteiger charge is -2.41. The van der Waals surface area contributed by atoms with Crippen molar-refractivity contribution >= 4 is 11.9 Å². The molecule has 0 spiro atoms. The van der Waals surface area contributed by atoms with E-state index >= 15 is 0 Å². The molecule has 116 valence electrons. The van der Waals surface area contributed by atoms with Gasteiger partial charge in [-0.2, -0.15) is 0 Å². The van der Waals surface area contributed by atoms with E-state index < -0.39 is 5.97 Å². The summed E-state index contributed by atoms with van der Waals surface area (Å²) in [6.07, 6.45) is 3.60. The van der Waals surface area contributed by atoms with Gasteiger partial charge in [-0.25, -0.2) is 0 Å². The SMILES string of the molecule is CCCC1(C(=O)N(CC)C(C)CC(=O)O)CCNCC1. The molecule has 1 heterocycles. The van der Waals surface area contributed by atoms with Gasteiger partial charge in [-0.05, 0) is 46.2 Å². The highest BCUT2D eigenvalue weighted by molar-refractivity contribution is 5.83. The van der Waals surface area contributed by atoms with E-state index in [-0.39, 0.29) is 23.8 Å². The molecule has 1 saturated heterocycles. The lowest BCUT2D eigenvalue weighted by atomic mass is 9.74. The molecular formula is C15H28N2O3. The zero-order chi connectivity index (χ0) is 15.2. The molecule has 1 aliphatic heterocycles. The number of aliphatic carboxylic acids is 1. The van der Waals surface area contributed by atoms with Crippen LogP contribution in [0.4, 0.5) is 0 Å². The maximum absolute atomic E-state index is 13.0. The molecule has 0 aromatic carbocycles. The van der Waals surface area contributed by atoms with Crippen LogP contribution in [0.15, 0.2) is 0 Å². The molecule has 1 rings (SSSR count). The zero-order valence-electron chi connectivity index (χ0n) is 12.9. The molecule has 0 aromatic rings. The van der Waals surface area contributed by atoms with Gasteiger partial charge >= 0.3 is 5.97 Å². The van der Waals surface area contributed by atoms with Crippen molar-refractivity contribution in [1.82, 2.24) is 10.2 Å². The minimum Gasteiger partial charge on any atom is -0.481 e. The molecule has 0 aromatic heterocycles. The van der Waals surface area contributed by atoms with Crippen molar-refractivity contribution in [3.8, 4) is 0 Å². The molecule has 0 bridgehead atoms. The van der Waals surface area contributed by atoms with Crippen molar-refractivity contribution in [1.29, 1.82) is 0 Å². The molecule has 5 heteroatoms. The highest BCUT2D eigenvalue weighted by atomic mass is 16.4. The number of carboxylic acids is 1. The number of rotatable bonds is 7. The quantitative estimate of drug-likeness (QED) is 0.749. The molecule has 20 heavy (non-hydrogen) atoms. The molecule has 1 fully saturated rings. The summed E-state index contributed by atoms with van der Waals surface area (Å²) < 4.78 is 0. The topological polar surface area (TPSA) is 69.6 Å². The largest absolute Gasteiger partial charge is 0.481 e. The van der Waals surface area contributed by atoms with Crippen LogP contribution < -0.4 is 5.32 Å². The van der Waals surface area contributed by atoms with Crippen LogP contribution >= 0.6 is 0 Å². The number of piperidine rings is 1. The van der Waals surface area contributed by atoms with E-state index in [9.17, 15) is 9.59 Å². The summed E-state index contributed by atoms with van der Waals surface area (Å²) in [6.45, 7) is 8.18. The molecule has 0 aliphatic carbocycles. The lowest BCUT2D eigenvalue weighted by Crippen LogP contribution is -2.52. The van der Waals surface area contributed by atoms with Crippen molar-refractivity contribution in [2.75, 3.05) is 19.6 Å². The van der Waals surface area contributed by atoms with Gasteiger partial charge in [0.2, 0.25) is 5.91 Å². The Morgan fingerprint density at radius 3 is 2.35 bits per heavy atom. The first-order valence-electron chi connectivity index (χ1n) is 7.70. The molecular weight excluding hydrogens is 256 g/mol. The van der Waals surface area contributed by atoms with Crippen LogP contribution in [0.2, 0.25) is 0 Å². The Hall–Kier alpha value is -1.10. The van der Waals surface area contributed by atoms with E-state index in [4.69, 9.17) is 5.11 Å². The predicted octanol–water partition coefficient (Wildman–Crippen LogP) is 1.87. The van der Waals surface area contributed by atoms with Gasteiger partial charge in [-0.3, -0.25) is 9.59 Å². The number of amides is 1. The summed E-state index contributed by atoms with van der Waals surface area (Å²) in [6, 6.07) is -0.242. The molecule has 0 saturated carbocycles. The van der Waals surface area contributed by atoms with Crippen LogP contribution in [0.3, 0.4) is 0 Å². The zero-order valence-corrected chi connectivity index (χ0v) is 12.9. The third kappa shape index (κ3) is 3.95. The normalized spacial score (nSPS) is 19.4. The number of carboxylic acid groups (broad SMARTS) is 1. The summed E-state index contributed by atoms with van der Waals surface area (Å²) >= 11 is 0. The fourth-order valence-corrected chi connectivity index (χ4v) is 3.28. The Kier molecular flexibility index (Phi) is 6.46. The Balaban J connectivity index is 2.87. The Bertz CT molecular complexity index is 333. The second-order valence-corrected chi connectivity index (χ2v) is 5.82. The van der Waals surface area contributed by atoms with Crippen LogP contribution in [0.1, 0.15) is 52.9 Å². The highest BCUT2D eigenvalue weighted by Gasteiger charge is 2.42. The number of nitrogens with one attached hydrogen (secondary N) is 1. The fourth-order valence-electron chi connectivity index (χ4n) is 3.28. The minimum atomic E-state index is -0.849. The first-order valence-corrected chi connectivity index (χ1v) is 7.70. The molecule has 2 N–H and O–H groups in total. The van der Waals surface area contributed by atoms with E-state index in [1.165, 1.54) is 0 Å². The van der Waals surface area contributed by atoms with Crippen molar-refractivity contribution in [3.63, 3.8) is 0 Å². The van der Waals surface area contributed by atoms with Crippen LogP contribution in [-0.4, -0.2) is 47.6 Å². The van der Waals surface area contributed by atoms with Crippen molar-refractivity contribution in [3.05, 3.63) is 0 Å². The number of carbonyl (C=O) groups excluding carboxylic acids is 1. The summed E-state index contributed by atoms with van der Waals surface area (Å²) in [5, 5.41) is 12.2. The number of carbonyl (C=O) groups is 2. The van der Waals surface area contributed by atoms with Crippen molar-refractivity contribution < 1.29 is 14.7 Å².